The highest BCUT2D eigenvalue weighted by molar-refractivity contribution is 9.10. The van der Waals surface area contributed by atoms with E-state index in [1.54, 1.807) is 0 Å². The summed E-state index contributed by atoms with van der Waals surface area (Å²) in [5.74, 6) is 0. The van der Waals surface area contributed by atoms with E-state index in [0.717, 1.165) is 17.6 Å². The monoisotopic (exact) mass is 353 g/mol. The lowest BCUT2D eigenvalue weighted by atomic mass is 10.2. The Morgan fingerprint density at radius 3 is 2.80 bits per heavy atom. The SMILES string of the molecule is CCCNCc1ccc(COCc2cccc(Br)c2)s1. The van der Waals surface area contributed by atoms with E-state index < -0.39 is 0 Å². The van der Waals surface area contributed by atoms with E-state index in [1.165, 1.54) is 21.7 Å². The largest absolute Gasteiger partial charge is 0.371 e. The van der Waals surface area contributed by atoms with Crippen LogP contribution in [0.25, 0.3) is 0 Å². The van der Waals surface area contributed by atoms with Crippen LogP contribution < -0.4 is 5.32 Å². The maximum absolute atomic E-state index is 5.77. The standard InChI is InChI=1S/C16H20BrNOS/c1-2-8-18-10-15-6-7-16(20-15)12-19-11-13-4-3-5-14(17)9-13/h3-7,9,18H,2,8,10-12H2,1H3. The third-order valence-electron chi connectivity index (χ3n) is 2.85. The zero-order chi connectivity index (χ0) is 14.2. The van der Waals surface area contributed by atoms with Crippen molar-refractivity contribution in [2.75, 3.05) is 6.54 Å². The van der Waals surface area contributed by atoms with Gasteiger partial charge >= 0.3 is 0 Å². The molecular formula is C16H20BrNOS. The van der Waals surface area contributed by atoms with Crippen molar-refractivity contribution >= 4 is 27.3 Å². The second kappa shape index (κ2) is 8.57. The van der Waals surface area contributed by atoms with Gasteiger partial charge in [-0.05, 0) is 42.8 Å². The maximum Gasteiger partial charge on any atom is 0.0814 e. The van der Waals surface area contributed by atoms with Crippen molar-refractivity contribution in [2.24, 2.45) is 0 Å². The van der Waals surface area contributed by atoms with Gasteiger partial charge in [-0.3, -0.25) is 0 Å². The first-order valence-corrected chi connectivity index (χ1v) is 8.49. The highest BCUT2D eigenvalue weighted by atomic mass is 79.9. The van der Waals surface area contributed by atoms with Crippen LogP contribution in [0.3, 0.4) is 0 Å². The molecule has 20 heavy (non-hydrogen) atoms. The van der Waals surface area contributed by atoms with Gasteiger partial charge in [0.1, 0.15) is 0 Å². The van der Waals surface area contributed by atoms with E-state index in [1.807, 2.05) is 23.5 Å². The molecule has 0 saturated heterocycles. The minimum absolute atomic E-state index is 0.654. The van der Waals surface area contributed by atoms with Crippen molar-refractivity contribution < 1.29 is 4.74 Å². The molecule has 0 bridgehead atoms. The van der Waals surface area contributed by atoms with Gasteiger partial charge < -0.3 is 10.1 Å². The van der Waals surface area contributed by atoms with Crippen LogP contribution in [0.5, 0.6) is 0 Å². The van der Waals surface area contributed by atoms with Crippen LogP contribution in [0.2, 0.25) is 0 Å². The number of thiophene rings is 1. The molecule has 2 aromatic rings. The first-order chi connectivity index (χ1) is 9.78. The molecule has 0 saturated carbocycles. The van der Waals surface area contributed by atoms with Gasteiger partial charge in [0, 0.05) is 20.8 Å². The van der Waals surface area contributed by atoms with Crippen molar-refractivity contribution in [3.63, 3.8) is 0 Å². The Kier molecular flexibility index (Phi) is 6.73. The van der Waals surface area contributed by atoms with Gasteiger partial charge in [-0.1, -0.05) is 35.0 Å². The average molecular weight is 354 g/mol. The number of nitrogens with one attached hydrogen (secondary N) is 1. The number of hydrogen-bond donors (Lipinski definition) is 1. The smallest absolute Gasteiger partial charge is 0.0814 e. The van der Waals surface area contributed by atoms with E-state index in [-0.39, 0.29) is 0 Å². The fourth-order valence-electron chi connectivity index (χ4n) is 1.88. The van der Waals surface area contributed by atoms with Gasteiger partial charge in [0.25, 0.3) is 0 Å². The van der Waals surface area contributed by atoms with E-state index in [2.05, 4.69) is 52.4 Å². The summed E-state index contributed by atoms with van der Waals surface area (Å²) in [6.45, 7) is 5.56. The molecule has 0 aliphatic rings. The molecule has 0 aliphatic carbocycles. The van der Waals surface area contributed by atoms with Crippen LogP contribution in [0.1, 0.15) is 28.7 Å². The van der Waals surface area contributed by atoms with E-state index >= 15 is 0 Å². The number of benzene rings is 1. The summed E-state index contributed by atoms with van der Waals surface area (Å²) in [6, 6.07) is 12.6. The Bertz CT molecular complexity index is 527. The summed E-state index contributed by atoms with van der Waals surface area (Å²) < 4.78 is 6.87. The molecule has 1 aromatic carbocycles. The quantitative estimate of drug-likeness (QED) is 0.692. The van der Waals surface area contributed by atoms with Crippen molar-refractivity contribution in [3.8, 4) is 0 Å². The van der Waals surface area contributed by atoms with Gasteiger partial charge in [-0.15, -0.1) is 11.3 Å². The number of rotatable bonds is 8. The number of ether oxygens (including phenoxy) is 1. The molecule has 0 aliphatic heterocycles. The van der Waals surface area contributed by atoms with Crippen LogP contribution in [0, 0.1) is 0 Å². The molecule has 0 fully saturated rings. The van der Waals surface area contributed by atoms with Crippen LogP contribution in [0.15, 0.2) is 40.9 Å². The third kappa shape index (κ3) is 5.37. The molecular weight excluding hydrogens is 334 g/mol. The fourth-order valence-corrected chi connectivity index (χ4v) is 3.25. The Morgan fingerprint density at radius 1 is 1.15 bits per heavy atom. The predicted octanol–water partition coefficient (Wildman–Crippen LogP) is 4.73. The molecule has 108 valence electrons. The summed E-state index contributed by atoms with van der Waals surface area (Å²) in [5, 5.41) is 3.42. The third-order valence-corrected chi connectivity index (χ3v) is 4.40. The average Bonchev–Trinajstić information content (AvgIpc) is 2.87. The summed E-state index contributed by atoms with van der Waals surface area (Å²) in [6.07, 6.45) is 1.17. The minimum atomic E-state index is 0.654. The second-order valence-electron chi connectivity index (χ2n) is 4.67. The van der Waals surface area contributed by atoms with Crippen LogP contribution in [0.4, 0.5) is 0 Å². The van der Waals surface area contributed by atoms with Crippen LogP contribution in [-0.4, -0.2) is 6.54 Å². The molecule has 0 radical (unpaired) electrons. The van der Waals surface area contributed by atoms with Gasteiger partial charge in [0.15, 0.2) is 0 Å². The fraction of sp³-hybridized carbons (Fsp3) is 0.375. The lowest BCUT2D eigenvalue weighted by Gasteiger charge is -2.03. The molecule has 0 atom stereocenters. The Labute approximate surface area is 133 Å². The van der Waals surface area contributed by atoms with Crippen LogP contribution >= 0.6 is 27.3 Å². The van der Waals surface area contributed by atoms with E-state index in [4.69, 9.17) is 4.74 Å². The van der Waals surface area contributed by atoms with Gasteiger partial charge in [0.2, 0.25) is 0 Å². The molecule has 1 N–H and O–H groups in total. The number of hydrogen-bond acceptors (Lipinski definition) is 3. The molecule has 4 heteroatoms. The normalized spacial score (nSPS) is 10.9. The summed E-state index contributed by atoms with van der Waals surface area (Å²) >= 11 is 5.30. The van der Waals surface area contributed by atoms with E-state index in [9.17, 15) is 0 Å². The zero-order valence-electron chi connectivity index (χ0n) is 11.7. The van der Waals surface area contributed by atoms with Crippen molar-refractivity contribution in [2.45, 2.75) is 33.1 Å². The number of halogens is 1. The van der Waals surface area contributed by atoms with Gasteiger partial charge in [-0.25, -0.2) is 0 Å². The first-order valence-electron chi connectivity index (χ1n) is 6.88. The Hall–Kier alpha value is -0.680. The van der Waals surface area contributed by atoms with Gasteiger partial charge in [-0.2, -0.15) is 0 Å². The first kappa shape index (κ1) is 15.7. The molecule has 0 spiro atoms. The van der Waals surface area contributed by atoms with E-state index in [0.29, 0.717) is 13.2 Å². The second-order valence-corrected chi connectivity index (χ2v) is 6.84. The minimum Gasteiger partial charge on any atom is -0.371 e. The highest BCUT2D eigenvalue weighted by Gasteiger charge is 2.01. The summed E-state index contributed by atoms with van der Waals surface area (Å²) in [7, 11) is 0. The lowest BCUT2D eigenvalue weighted by Crippen LogP contribution is -2.12. The molecule has 0 amide bonds. The zero-order valence-corrected chi connectivity index (χ0v) is 14.1. The van der Waals surface area contributed by atoms with Crippen molar-refractivity contribution in [3.05, 3.63) is 56.2 Å². The van der Waals surface area contributed by atoms with Crippen molar-refractivity contribution in [1.82, 2.24) is 5.32 Å². The maximum atomic E-state index is 5.77. The van der Waals surface area contributed by atoms with Crippen LogP contribution in [-0.2, 0) is 24.5 Å². The predicted molar refractivity (Wildman–Crippen MR) is 89.0 cm³/mol. The Morgan fingerprint density at radius 2 is 2.00 bits per heavy atom. The lowest BCUT2D eigenvalue weighted by molar-refractivity contribution is 0.109. The molecule has 1 heterocycles. The molecule has 1 aromatic heterocycles. The Balaban J connectivity index is 1.74. The summed E-state index contributed by atoms with van der Waals surface area (Å²) in [4.78, 5) is 2.66. The highest BCUT2D eigenvalue weighted by Crippen LogP contribution is 2.18. The molecule has 2 rings (SSSR count). The topological polar surface area (TPSA) is 21.3 Å². The molecule has 0 unspecified atom stereocenters. The summed E-state index contributed by atoms with van der Waals surface area (Å²) in [5.41, 5.74) is 1.20. The van der Waals surface area contributed by atoms with Gasteiger partial charge in [0.05, 0.1) is 13.2 Å². The van der Waals surface area contributed by atoms with Crippen molar-refractivity contribution in [1.29, 1.82) is 0 Å². The molecule has 2 nitrogen and oxygen atoms in total.